The number of sulfone groups is 1. The fourth-order valence-corrected chi connectivity index (χ4v) is 5.30. The van der Waals surface area contributed by atoms with Crippen molar-refractivity contribution in [3.05, 3.63) is 93.8 Å². The van der Waals surface area contributed by atoms with Crippen molar-refractivity contribution in [2.75, 3.05) is 14.2 Å². The number of pyridine rings is 1. The summed E-state index contributed by atoms with van der Waals surface area (Å²) in [7, 11) is -1.05. The molecule has 0 aliphatic carbocycles. The molecule has 0 N–H and O–H groups in total. The molecular formula is C27H27NO5S. The molecule has 6 nitrogen and oxygen atoms in total. The lowest BCUT2D eigenvalue weighted by Crippen LogP contribution is -2.20. The quantitative estimate of drug-likeness (QED) is 0.383. The number of nitrogens with zero attached hydrogens (tertiary/aromatic N) is 1. The molecule has 3 aromatic carbocycles. The summed E-state index contributed by atoms with van der Waals surface area (Å²) in [6, 6.07) is 17.9. The van der Waals surface area contributed by atoms with E-state index in [-0.39, 0.29) is 15.2 Å². The molecule has 0 saturated heterocycles. The van der Waals surface area contributed by atoms with Gasteiger partial charge in [0.2, 0.25) is 15.3 Å². The second kappa shape index (κ2) is 9.35. The van der Waals surface area contributed by atoms with Crippen LogP contribution in [-0.4, -0.2) is 27.2 Å². The van der Waals surface area contributed by atoms with Crippen LogP contribution in [0.15, 0.2) is 81.4 Å². The van der Waals surface area contributed by atoms with Crippen LogP contribution < -0.4 is 14.9 Å². The summed E-state index contributed by atoms with van der Waals surface area (Å²) in [6.45, 7) is 4.38. The van der Waals surface area contributed by atoms with Crippen LogP contribution in [0, 0.1) is 6.92 Å². The highest BCUT2D eigenvalue weighted by Crippen LogP contribution is 2.32. The number of hydrogen-bond donors (Lipinski definition) is 0. The molecule has 0 aliphatic heterocycles. The summed E-state index contributed by atoms with van der Waals surface area (Å²) < 4.78 is 39.7. The summed E-state index contributed by atoms with van der Waals surface area (Å²) >= 11 is 0. The van der Waals surface area contributed by atoms with Crippen molar-refractivity contribution in [3.8, 4) is 11.5 Å². The molecule has 0 unspecified atom stereocenters. The van der Waals surface area contributed by atoms with Crippen LogP contribution in [-0.2, 0) is 22.8 Å². The van der Waals surface area contributed by atoms with E-state index < -0.39 is 15.3 Å². The van der Waals surface area contributed by atoms with E-state index in [2.05, 4.69) is 0 Å². The Kier molecular flexibility index (Phi) is 6.48. The van der Waals surface area contributed by atoms with Crippen LogP contribution in [0.3, 0.4) is 0 Å². The molecule has 4 aromatic rings. The van der Waals surface area contributed by atoms with Gasteiger partial charge in [0.25, 0.3) is 0 Å². The van der Waals surface area contributed by atoms with Crippen molar-refractivity contribution in [1.29, 1.82) is 0 Å². The Labute approximate surface area is 199 Å². The van der Waals surface area contributed by atoms with E-state index in [1.54, 1.807) is 41.0 Å². The van der Waals surface area contributed by atoms with E-state index in [0.29, 0.717) is 23.6 Å². The zero-order chi connectivity index (χ0) is 24.5. The van der Waals surface area contributed by atoms with Gasteiger partial charge >= 0.3 is 0 Å². The predicted molar refractivity (Wildman–Crippen MR) is 133 cm³/mol. The maximum atomic E-state index is 13.6. The molecule has 0 spiro atoms. The van der Waals surface area contributed by atoms with Crippen molar-refractivity contribution in [2.45, 2.75) is 36.6 Å². The van der Waals surface area contributed by atoms with Gasteiger partial charge in [-0.25, -0.2) is 8.42 Å². The standard InChI is InChI=1S/C27H27NO5S/c1-5-19-10-12-21(13-11-19)34(30,31)26-17-28(16-20-8-6-18(2)7-9-20)23-15-25(33-4)24(32-3)14-22(23)27(26)29/h6-15,17H,5,16H2,1-4H3. The van der Waals surface area contributed by atoms with E-state index in [9.17, 15) is 13.2 Å². The first-order valence-electron chi connectivity index (χ1n) is 11.0. The molecule has 34 heavy (non-hydrogen) atoms. The number of rotatable bonds is 7. The number of methoxy groups -OCH3 is 2. The molecule has 0 saturated carbocycles. The van der Waals surface area contributed by atoms with Gasteiger partial charge in [0.1, 0.15) is 4.90 Å². The van der Waals surface area contributed by atoms with Crippen LogP contribution >= 0.6 is 0 Å². The summed E-state index contributed by atoms with van der Waals surface area (Å²) in [4.78, 5) is 13.3. The second-order valence-corrected chi connectivity index (χ2v) is 10.1. The monoisotopic (exact) mass is 477 g/mol. The Morgan fingerprint density at radius 2 is 1.44 bits per heavy atom. The lowest BCUT2D eigenvalue weighted by molar-refractivity contribution is 0.355. The normalized spacial score (nSPS) is 11.5. The SMILES string of the molecule is CCc1ccc(S(=O)(=O)c2cn(Cc3ccc(C)cc3)c3cc(OC)c(OC)cc3c2=O)cc1. The molecule has 1 aromatic heterocycles. The molecular weight excluding hydrogens is 450 g/mol. The molecule has 0 fully saturated rings. The topological polar surface area (TPSA) is 74.6 Å². The van der Waals surface area contributed by atoms with Gasteiger partial charge in [-0.05, 0) is 42.7 Å². The Bertz CT molecular complexity index is 1500. The number of aryl methyl sites for hydroxylation is 2. The third-order valence-electron chi connectivity index (χ3n) is 5.96. The third-order valence-corrected chi connectivity index (χ3v) is 7.72. The highest BCUT2D eigenvalue weighted by molar-refractivity contribution is 7.91. The molecule has 7 heteroatoms. The molecule has 0 bridgehead atoms. The van der Waals surface area contributed by atoms with Crippen molar-refractivity contribution < 1.29 is 17.9 Å². The van der Waals surface area contributed by atoms with Crippen LogP contribution in [0.25, 0.3) is 10.9 Å². The first-order valence-corrected chi connectivity index (χ1v) is 12.5. The van der Waals surface area contributed by atoms with Gasteiger partial charge in [-0.3, -0.25) is 4.79 Å². The van der Waals surface area contributed by atoms with Gasteiger partial charge in [0.05, 0.1) is 30.0 Å². The van der Waals surface area contributed by atoms with Crippen molar-refractivity contribution in [1.82, 2.24) is 4.57 Å². The Balaban J connectivity index is 1.98. The average Bonchev–Trinajstić information content (AvgIpc) is 2.86. The highest BCUT2D eigenvalue weighted by Gasteiger charge is 2.25. The molecule has 4 rings (SSSR count). The van der Waals surface area contributed by atoms with E-state index in [1.165, 1.54) is 20.4 Å². The Morgan fingerprint density at radius 3 is 2.03 bits per heavy atom. The zero-order valence-corrected chi connectivity index (χ0v) is 20.5. The van der Waals surface area contributed by atoms with E-state index in [0.717, 1.165) is 23.1 Å². The third kappa shape index (κ3) is 4.31. The van der Waals surface area contributed by atoms with E-state index >= 15 is 0 Å². The fraction of sp³-hybridized carbons (Fsp3) is 0.222. The van der Waals surface area contributed by atoms with Gasteiger partial charge in [-0.2, -0.15) is 0 Å². The summed E-state index contributed by atoms with van der Waals surface area (Å²) in [5, 5.41) is 0.246. The van der Waals surface area contributed by atoms with E-state index in [4.69, 9.17) is 9.47 Å². The maximum Gasteiger partial charge on any atom is 0.211 e. The summed E-state index contributed by atoms with van der Waals surface area (Å²) in [5.41, 5.74) is 3.10. The maximum absolute atomic E-state index is 13.6. The van der Waals surface area contributed by atoms with Gasteiger partial charge in [0.15, 0.2) is 11.5 Å². The minimum atomic E-state index is -4.05. The molecule has 0 aliphatic rings. The van der Waals surface area contributed by atoms with Crippen LogP contribution in [0.1, 0.15) is 23.6 Å². The molecule has 176 valence electrons. The van der Waals surface area contributed by atoms with Crippen molar-refractivity contribution in [3.63, 3.8) is 0 Å². The van der Waals surface area contributed by atoms with Crippen molar-refractivity contribution >= 4 is 20.7 Å². The second-order valence-electron chi connectivity index (χ2n) is 8.16. The largest absolute Gasteiger partial charge is 0.493 e. The molecule has 0 radical (unpaired) electrons. The van der Waals surface area contributed by atoms with Gasteiger partial charge in [-0.1, -0.05) is 48.9 Å². The first-order chi connectivity index (χ1) is 16.3. The minimum Gasteiger partial charge on any atom is -0.493 e. The lowest BCUT2D eigenvalue weighted by atomic mass is 10.1. The number of benzene rings is 3. The van der Waals surface area contributed by atoms with Crippen molar-refractivity contribution in [2.24, 2.45) is 0 Å². The van der Waals surface area contributed by atoms with Crippen LogP contribution in [0.5, 0.6) is 11.5 Å². The average molecular weight is 478 g/mol. The Morgan fingerprint density at radius 1 is 0.853 bits per heavy atom. The summed E-state index contributed by atoms with van der Waals surface area (Å²) in [6.07, 6.45) is 2.22. The lowest BCUT2D eigenvalue weighted by Gasteiger charge is -2.17. The van der Waals surface area contributed by atoms with E-state index in [1.807, 2.05) is 38.1 Å². The predicted octanol–water partition coefficient (Wildman–Crippen LogP) is 4.77. The van der Waals surface area contributed by atoms with Gasteiger partial charge in [0, 0.05) is 18.8 Å². The van der Waals surface area contributed by atoms with Crippen LogP contribution in [0.4, 0.5) is 0 Å². The number of fused-ring (bicyclic) bond motifs is 1. The van der Waals surface area contributed by atoms with Gasteiger partial charge < -0.3 is 14.0 Å². The molecule has 1 heterocycles. The fourth-order valence-electron chi connectivity index (χ4n) is 3.93. The van der Waals surface area contributed by atoms with Gasteiger partial charge in [-0.15, -0.1) is 0 Å². The number of aromatic nitrogens is 1. The zero-order valence-electron chi connectivity index (χ0n) is 19.7. The number of ether oxygens (including phenoxy) is 2. The first kappa shape index (κ1) is 23.6. The molecule has 0 amide bonds. The molecule has 0 atom stereocenters. The van der Waals surface area contributed by atoms with Crippen LogP contribution in [0.2, 0.25) is 0 Å². The number of hydrogen-bond acceptors (Lipinski definition) is 5. The summed E-state index contributed by atoms with van der Waals surface area (Å²) in [5.74, 6) is 0.814. The highest BCUT2D eigenvalue weighted by atomic mass is 32.2. The minimum absolute atomic E-state index is 0.0866. The smallest absolute Gasteiger partial charge is 0.211 e. The Hall–Kier alpha value is -3.58.